The highest BCUT2D eigenvalue weighted by molar-refractivity contribution is 9.10. The summed E-state index contributed by atoms with van der Waals surface area (Å²) in [6.45, 7) is 3.94. The van der Waals surface area contributed by atoms with E-state index >= 15 is 0 Å². The number of rotatable bonds is 4. The summed E-state index contributed by atoms with van der Waals surface area (Å²) in [5, 5.41) is 6.33. The predicted molar refractivity (Wildman–Crippen MR) is 98.7 cm³/mol. The number of carbonyl (C=O) groups is 1. The first-order valence-corrected chi connectivity index (χ1v) is 8.92. The molecule has 5 nitrogen and oxygen atoms in total. The molecule has 1 aromatic rings. The number of hydrogen-bond donors (Lipinski definition) is 2. The summed E-state index contributed by atoms with van der Waals surface area (Å²) in [4.78, 5) is 12.4. The summed E-state index contributed by atoms with van der Waals surface area (Å²) in [5.41, 5.74) is 1.21. The average molecular weight is 420 g/mol. The largest absolute Gasteiger partial charge is 0.381 e. The summed E-state index contributed by atoms with van der Waals surface area (Å²) in [5.74, 6) is 0.0210. The van der Waals surface area contributed by atoms with E-state index in [2.05, 4.69) is 50.8 Å². The normalized spacial score (nSPS) is 23.1. The number of morpholine rings is 1. The number of ether oxygens (including phenoxy) is 2. The van der Waals surface area contributed by atoms with Crippen LogP contribution in [0.1, 0.15) is 18.4 Å². The van der Waals surface area contributed by atoms with Crippen molar-refractivity contribution in [1.29, 1.82) is 0 Å². The van der Waals surface area contributed by atoms with Gasteiger partial charge in [-0.15, -0.1) is 12.4 Å². The quantitative estimate of drug-likeness (QED) is 0.784. The van der Waals surface area contributed by atoms with E-state index in [4.69, 9.17) is 9.47 Å². The molecule has 0 aromatic heterocycles. The van der Waals surface area contributed by atoms with Gasteiger partial charge in [0.15, 0.2) is 0 Å². The smallest absolute Gasteiger partial charge is 0.239 e. The monoisotopic (exact) mass is 418 g/mol. The molecule has 2 N–H and O–H groups in total. The third kappa shape index (κ3) is 4.70. The number of carbonyl (C=O) groups excluding carboxylic acids is 1. The Bertz CT molecular complexity index is 529. The molecule has 1 atom stereocenters. The Morgan fingerprint density at radius 3 is 2.54 bits per heavy atom. The maximum absolute atomic E-state index is 12.4. The maximum Gasteiger partial charge on any atom is 0.239 e. The van der Waals surface area contributed by atoms with Crippen molar-refractivity contribution in [2.24, 2.45) is 0 Å². The average Bonchev–Trinajstić information content (AvgIpc) is 2.62. The van der Waals surface area contributed by atoms with E-state index in [9.17, 15) is 4.79 Å². The lowest BCUT2D eigenvalue weighted by Gasteiger charge is -2.38. The SMILES string of the molecule is Cl.O=C(NCC1(c2ccc(Br)cc2)CCOCC1)C1COCCN1. The standard InChI is InChI=1S/C17H23BrN2O3.ClH/c18-14-3-1-13(2-4-14)17(5-8-22-9-6-17)12-20-16(21)15-11-23-10-7-19-15;/h1-4,15,19H,5-12H2,(H,20,21);1H. The lowest BCUT2D eigenvalue weighted by atomic mass is 9.74. The minimum Gasteiger partial charge on any atom is -0.381 e. The van der Waals surface area contributed by atoms with Crippen molar-refractivity contribution in [1.82, 2.24) is 10.6 Å². The Hall–Kier alpha value is -0.660. The number of nitrogens with one attached hydrogen (secondary N) is 2. The van der Waals surface area contributed by atoms with Gasteiger partial charge in [0.2, 0.25) is 5.91 Å². The fraction of sp³-hybridized carbons (Fsp3) is 0.588. The van der Waals surface area contributed by atoms with Crippen LogP contribution in [0.4, 0.5) is 0 Å². The number of hydrogen-bond acceptors (Lipinski definition) is 4. The zero-order valence-electron chi connectivity index (χ0n) is 13.6. The Morgan fingerprint density at radius 1 is 1.21 bits per heavy atom. The molecule has 2 aliphatic heterocycles. The van der Waals surface area contributed by atoms with Crippen LogP contribution in [0.25, 0.3) is 0 Å². The summed E-state index contributed by atoms with van der Waals surface area (Å²) in [6.07, 6.45) is 1.84. The molecule has 2 heterocycles. The zero-order valence-corrected chi connectivity index (χ0v) is 16.0. The Kier molecular flexibility index (Phi) is 7.50. The summed E-state index contributed by atoms with van der Waals surface area (Å²) >= 11 is 3.48. The second-order valence-corrected chi connectivity index (χ2v) is 7.11. The van der Waals surface area contributed by atoms with Crippen LogP contribution >= 0.6 is 28.3 Å². The second-order valence-electron chi connectivity index (χ2n) is 6.20. The van der Waals surface area contributed by atoms with Crippen LogP contribution in [0, 0.1) is 0 Å². The minimum atomic E-state index is -0.245. The lowest BCUT2D eigenvalue weighted by Crippen LogP contribution is -2.54. The van der Waals surface area contributed by atoms with Gasteiger partial charge in [0.1, 0.15) is 6.04 Å². The lowest BCUT2D eigenvalue weighted by molar-refractivity contribution is -0.126. The first-order chi connectivity index (χ1) is 11.2. The molecule has 7 heteroatoms. The van der Waals surface area contributed by atoms with Crippen LogP contribution < -0.4 is 10.6 Å². The highest BCUT2D eigenvalue weighted by Gasteiger charge is 2.35. The van der Waals surface area contributed by atoms with Crippen molar-refractivity contribution in [2.75, 3.05) is 39.5 Å². The van der Waals surface area contributed by atoms with E-state index in [-0.39, 0.29) is 29.8 Å². The van der Waals surface area contributed by atoms with Gasteiger partial charge in [-0.05, 0) is 30.5 Å². The van der Waals surface area contributed by atoms with Crippen molar-refractivity contribution < 1.29 is 14.3 Å². The molecule has 0 aliphatic carbocycles. The molecule has 2 saturated heterocycles. The Morgan fingerprint density at radius 2 is 1.92 bits per heavy atom. The van der Waals surface area contributed by atoms with Crippen molar-refractivity contribution in [3.05, 3.63) is 34.3 Å². The molecule has 0 saturated carbocycles. The summed E-state index contributed by atoms with van der Waals surface area (Å²) < 4.78 is 12.0. The van der Waals surface area contributed by atoms with Gasteiger partial charge in [-0.1, -0.05) is 28.1 Å². The van der Waals surface area contributed by atoms with Crippen LogP contribution in [0.5, 0.6) is 0 Å². The molecular formula is C17H24BrClN2O3. The molecule has 3 rings (SSSR count). The fourth-order valence-corrected chi connectivity index (χ4v) is 3.51. The Balaban J connectivity index is 0.00000208. The predicted octanol–water partition coefficient (Wildman–Crippen LogP) is 2.02. The summed E-state index contributed by atoms with van der Waals surface area (Å²) in [6, 6.07) is 8.16. The van der Waals surface area contributed by atoms with Crippen molar-refractivity contribution in [3.63, 3.8) is 0 Å². The van der Waals surface area contributed by atoms with Gasteiger partial charge in [-0.2, -0.15) is 0 Å². The van der Waals surface area contributed by atoms with Gasteiger partial charge in [-0.25, -0.2) is 0 Å². The number of amides is 1. The molecule has 1 unspecified atom stereocenters. The molecule has 24 heavy (non-hydrogen) atoms. The van der Waals surface area contributed by atoms with Gasteiger partial charge < -0.3 is 20.1 Å². The fourth-order valence-electron chi connectivity index (χ4n) is 3.25. The van der Waals surface area contributed by atoms with E-state index < -0.39 is 0 Å². The first kappa shape index (κ1) is 19.7. The van der Waals surface area contributed by atoms with E-state index in [0.29, 0.717) is 19.8 Å². The van der Waals surface area contributed by atoms with Crippen LogP contribution in [-0.4, -0.2) is 51.5 Å². The van der Waals surface area contributed by atoms with E-state index in [0.717, 1.165) is 37.1 Å². The molecule has 0 radical (unpaired) electrons. The van der Waals surface area contributed by atoms with Crippen LogP contribution in [-0.2, 0) is 19.7 Å². The maximum atomic E-state index is 12.4. The topological polar surface area (TPSA) is 59.6 Å². The molecule has 1 aromatic carbocycles. The van der Waals surface area contributed by atoms with Gasteiger partial charge in [0, 0.05) is 36.2 Å². The van der Waals surface area contributed by atoms with E-state index in [1.165, 1.54) is 5.56 Å². The highest BCUT2D eigenvalue weighted by Crippen LogP contribution is 2.34. The molecule has 0 bridgehead atoms. The summed E-state index contributed by atoms with van der Waals surface area (Å²) in [7, 11) is 0. The zero-order chi connectivity index (χ0) is 16.1. The highest BCUT2D eigenvalue weighted by atomic mass is 79.9. The van der Waals surface area contributed by atoms with Crippen LogP contribution in [0.3, 0.4) is 0 Å². The van der Waals surface area contributed by atoms with E-state index in [1.807, 2.05) is 0 Å². The van der Waals surface area contributed by atoms with Gasteiger partial charge in [-0.3, -0.25) is 4.79 Å². The van der Waals surface area contributed by atoms with E-state index in [1.54, 1.807) is 0 Å². The van der Waals surface area contributed by atoms with Crippen molar-refractivity contribution >= 4 is 34.2 Å². The van der Waals surface area contributed by atoms with Crippen LogP contribution in [0.2, 0.25) is 0 Å². The minimum absolute atomic E-state index is 0. The molecule has 0 spiro atoms. The third-order valence-corrected chi connectivity index (χ3v) is 5.27. The van der Waals surface area contributed by atoms with Crippen molar-refractivity contribution in [2.45, 2.75) is 24.3 Å². The number of halogens is 2. The molecular weight excluding hydrogens is 396 g/mol. The third-order valence-electron chi connectivity index (χ3n) is 4.75. The second kappa shape index (κ2) is 9.15. The van der Waals surface area contributed by atoms with Crippen molar-refractivity contribution in [3.8, 4) is 0 Å². The molecule has 134 valence electrons. The van der Waals surface area contributed by atoms with Gasteiger partial charge in [0.05, 0.1) is 13.2 Å². The van der Waals surface area contributed by atoms with Gasteiger partial charge >= 0.3 is 0 Å². The Labute approximate surface area is 157 Å². The molecule has 1 amide bonds. The number of benzene rings is 1. The molecule has 2 fully saturated rings. The van der Waals surface area contributed by atoms with Gasteiger partial charge in [0.25, 0.3) is 0 Å². The van der Waals surface area contributed by atoms with Crippen LogP contribution in [0.15, 0.2) is 28.7 Å². The first-order valence-electron chi connectivity index (χ1n) is 8.12. The molecule has 2 aliphatic rings.